The van der Waals surface area contributed by atoms with Gasteiger partial charge in [-0.2, -0.15) is 0 Å². The highest BCUT2D eigenvalue weighted by Gasteiger charge is 2.22. The number of aromatic hydroxyl groups is 2. The molecule has 170 valence electrons. The summed E-state index contributed by atoms with van der Waals surface area (Å²) in [5, 5.41) is 52.4. The number of esters is 1. The van der Waals surface area contributed by atoms with Crippen molar-refractivity contribution in [2.24, 2.45) is 10.2 Å². The predicted molar refractivity (Wildman–Crippen MR) is 120 cm³/mol. The molecule has 34 heavy (non-hydrogen) atoms. The van der Waals surface area contributed by atoms with E-state index >= 15 is 0 Å². The molecule has 0 spiro atoms. The molecule has 4 aromatic rings. The number of azo groups is 1. The average molecular weight is 462 g/mol. The number of non-ortho nitro benzene ring substituents is 1. The second-order valence-electron chi connectivity index (χ2n) is 7.06. The molecule has 0 bridgehead atoms. The third-order valence-corrected chi connectivity index (χ3v) is 4.93. The number of hydrogen-bond donors (Lipinski definition) is 2. The van der Waals surface area contributed by atoms with Gasteiger partial charge in [0, 0.05) is 23.8 Å². The molecule has 0 fully saturated rings. The van der Waals surface area contributed by atoms with E-state index in [1.165, 1.54) is 25.1 Å². The van der Waals surface area contributed by atoms with Gasteiger partial charge in [0.2, 0.25) is 0 Å². The minimum absolute atomic E-state index is 0.00162. The fraction of sp³-hybridized carbons (Fsp3) is 0.0455. The highest BCUT2D eigenvalue weighted by Crippen LogP contribution is 2.49. The lowest BCUT2D eigenvalue weighted by Crippen LogP contribution is -2.01. The number of hydrogen-bond acceptors (Lipinski definition) is 10. The number of fused-ring (bicyclic) bond motifs is 2. The molecule has 0 heterocycles. The normalized spacial score (nSPS) is 11.2. The summed E-state index contributed by atoms with van der Waals surface area (Å²) in [6.07, 6.45) is 0. The summed E-state index contributed by atoms with van der Waals surface area (Å²) in [7, 11) is 0. The van der Waals surface area contributed by atoms with Crippen LogP contribution in [0.4, 0.5) is 22.7 Å². The number of carbonyl (C=O) groups is 1. The van der Waals surface area contributed by atoms with Crippen molar-refractivity contribution in [1.82, 2.24) is 0 Å². The van der Waals surface area contributed by atoms with E-state index < -0.39 is 27.2 Å². The van der Waals surface area contributed by atoms with Crippen molar-refractivity contribution in [1.29, 1.82) is 0 Å². The lowest BCUT2D eigenvalue weighted by atomic mass is 9.98. The molecule has 0 saturated heterocycles. The second-order valence-corrected chi connectivity index (χ2v) is 7.06. The Labute approximate surface area is 189 Å². The van der Waals surface area contributed by atoms with Crippen LogP contribution in [0.3, 0.4) is 0 Å². The Morgan fingerprint density at radius 1 is 0.912 bits per heavy atom. The van der Waals surface area contributed by atoms with Crippen molar-refractivity contribution in [3.05, 3.63) is 74.8 Å². The molecule has 12 nitrogen and oxygen atoms in total. The first-order chi connectivity index (χ1) is 16.2. The quantitative estimate of drug-likeness (QED) is 0.0966. The van der Waals surface area contributed by atoms with Gasteiger partial charge in [0.1, 0.15) is 22.9 Å². The third-order valence-electron chi connectivity index (χ3n) is 4.93. The maximum Gasteiger partial charge on any atom is 0.308 e. The summed E-state index contributed by atoms with van der Waals surface area (Å²) in [6.45, 7) is 1.18. The Morgan fingerprint density at radius 2 is 1.59 bits per heavy atom. The predicted octanol–water partition coefficient (Wildman–Crippen LogP) is 5.56. The van der Waals surface area contributed by atoms with Crippen LogP contribution in [-0.2, 0) is 4.79 Å². The Balaban J connectivity index is 2.03. The van der Waals surface area contributed by atoms with Crippen LogP contribution in [-0.4, -0.2) is 26.0 Å². The number of nitro groups is 2. The number of carbonyl (C=O) groups excluding carboxylic acids is 1. The van der Waals surface area contributed by atoms with Crippen LogP contribution in [0.5, 0.6) is 17.2 Å². The van der Waals surface area contributed by atoms with Gasteiger partial charge < -0.3 is 14.9 Å². The van der Waals surface area contributed by atoms with Crippen molar-refractivity contribution in [3.8, 4) is 17.2 Å². The van der Waals surface area contributed by atoms with Crippen LogP contribution >= 0.6 is 0 Å². The molecule has 0 aliphatic heterocycles. The molecule has 4 rings (SSSR count). The number of phenols is 2. The number of rotatable bonds is 5. The van der Waals surface area contributed by atoms with Crippen molar-refractivity contribution < 1.29 is 29.6 Å². The second kappa shape index (κ2) is 8.43. The summed E-state index contributed by atoms with van der Waals surface area (Å²) in [4.78, 5) is 32.4. The molecule has 0 radical (unpaired) electrons. The molecule has 0 atom stereocenters. The SMILES string of the molecule is CC(=O)Oc1cccc2c(N=Nc3ccc([N+](=O)[O-])cc3[N+](=O)[O-])c3cccc(O)c3c(O)c12. The van der Waals surface area contributed by atoms with Crippen LogP contribution < -0.4 is 4.74 Å². The van der Waals surface area contributed by atoms with E-state index in [0.717, 1.165) is 18.2 Å². The van der Waals surface area contributed by atoms with Crippen LogP contribution in [0.25, 0.3) is 21.5 Å². The molecule has 0 saturated carbocycles. The molecule has 0 aromatic heterocycles. The third kappa shape index (κ3) is 3.79. The van der Waals surface area contributed by atoms with Gasteiger partial charge in [-0.25, -0.2) is 0 Å². The van der Waals surface area contributed by atoms with E-state index in [4.69, 9.17) is 4.74 Å². The zero-order chi connectivity index (χ0) is 24.6. The summed E-state index contributed by atoms with van der Waals surface area (Å²) in [5.41, 5.74) is -1.25. The average Bonchev–Trinajstić information content (AvgIpc) is 2.78. The monoisotopic (exact) mass is 462 g/mol. The van der Waals surface area contributed by atoms with Gasteiger partial charge in [0.05, 0.1) is 26.7 Å². The summed E-state index contributed by atoms with van der Waals surface area (Å²) in [6, 6.07) is 11.9. The maximum atomic E-state index is 11.6. The van der Waals surface area contributed by atoms with Crippen molar-refractivity contribution >= 4 is 50.3 Å². The molecule has 0 amide bonds. The Morgan fingerprint density at radius 3 is 2.24 bits per heavy atom. The number of ether oxygens (including phenoxy) is 1. The fourth-order valence-corrected chi connectivity index (χ4v) is 3.54. The standard InChI is InChI=1S/C22H14N4O8/c1-11(27)34-18-7-3-5-14-20(18)22(29)19-13(4-2-6-17(19)28)21(14)24-23-15-9-8-12(25(30)31)10-16(15)26(32)33/h2-10,28-29H,1H3. The van der Waals surface area contributed by atoms with Gasteiger partial charge in [-0.05, 0) is 18.2 Å². The summed E-state index contributed by atoms with van der Waals surface area (Å²) >= 11 is 0. The largest absolute Gasteiger partial charge is 0.507 e. The molecule has 0 unspecified atom stereocenters. The Kier molecular flexibility index (Phi) is 5.47. The molecule has 0 aliphatic carbocycles. The smallest absolute Gasteiger partial charge is 0.308 e. The molecular formula is C22H14N4O8. The summed E-state index contributed by atoms with van der Waals surface area (Å²) in [5.74, 6) is -1.29. The van der Waals surface area contributed by atoms with Gasteiger partial charge >= 0.3 is 11.7 Å². The van der Waals surface area contributed by atoms with E-state index in [0.29, 0.717) is 0 Å². The highest BCUT2D eigenvalue weighted by molar-refractivity contribution is 6.18. The topological polar surface area (TPSA) is 178 Å². The fourth-order valence-electron chi connectivity index (χ4n) is 3.54. The molecular weight excluding hydrogens is 448 g/mol. The summed E-state index contributed by atoms with van der Waals surface area (Å²) < 4.78 is 5.20. The number of phenolic OH excluding ortho intramolecular Hbond substituents is 2. The van der Waals surface area contributed by atoms with Gasteiger partial charge in [-0.3, -0.25) is 25.0 Å². The zero-order valence-corrected chi connectivity index (χ0v) is 17.3. The van der Waals surface area contributed by atoms with E-state index in [1.807, 2.05) is 0 Å². The van der Waals surface area contributed by atoms with Crippen LogP contribution in [0.15, 0.2) is 64.8 Å². The van der Waals surface area contributed by atoms with Crippen LogP contribution in [0.1, 0.15) is 6.92 Å². The lowest BCUT2D eigenvalue weighted by Gasteiger charge is -2.14. The number of nitro benzene ring substituents is 2. The van der Waals surface area contributed by atoms with Gasteiger partial charge in [0.15, 0.2) is 5.69 Å². The molecule has 0 aliphatic rings. The van der Waals surface area contributed by atoms with E-state index in [-0.39, 0.29) is 50.2 Å². The van der Waals surface area contributed by atoms with Crippen LogP contribution in [0.2, 0.25) is 0 Å². The first-order valence-electron chi connectivity index (χ1n) is 9.61. The van der Waals surface area contributed by atoms with E-state index in [2.05, 4.69) is 10.2 Å². The number of nitrogens with zero attached hydrogens (tertiary/aromatic N) is 4. The minimum Gasteiger partial charge on any atom is -0.507 e. The molecule has 2 N–H and O–H groups in total. The van der Waals surface area contributed by atoms with Crippen LogP contribution in [0, 0.1) is 20.2 Å². The first-order valence-corrected chi connectivity index (χ1v) is 9.61. The van der Waals surface area contributed by atoms with Gasteiger partial charge in [-0.15, -0.1) is 10.2 Å². The van der Waals surface area contributed by atoms with E-state index in [9.17, 15) is 35.2 Å². The maximum absolute atomic E-state index is 11.6. The van der Waals surface area contributed by atoms with Gasteiger partial charge in [0.25, 0.3) is 5.69 Å². The number of benzene rings is 4. The lowest BCUT2D eigenvalue weighted by molar-refractivity contribution is -0.393. The highest BCUT2D eigenvalue weighted by atomic mass is 16.6. The first kappa shape index (κ1) is 22.1. The molecule has 12 heteroatoms. The zero-order valence-electron chi connectivity index (χ0n) is 17.3. The van der Waals surface area contributed by atoms with Gasteiger partial charge in [-0.1, -0.05) is 24.3 Å². The van der Waals surface area contributed by atoms with E-state index in [1.54, 1.807) is 18.2 Å². The van der Waals surface area contributed by atoms with Crippen molar-refractivity contribution in [3.63, 3.8) is 0 Å². The Bertz CT molecular complexity index is 1550. The Hall–Kier alpha value is -5.13. The van der Waals surface area contributed by atoms with Crippen molar-refractivity contribution in [2.75, 3.05) is 0 Å². The molecule has 4 aromatic carbocycles. The minimum atomic E-state index is -0.820. The van der Waals surface area contributed by atoms with Crippen molar-refractivity contribution in [2.45, 2.75) is 6.92 Å².